The van der Waals surface area contributed by atoms with Crippen molar-refractivity contribution in [1.82, 2.24) is 10.2 Å². The van der Waals surface area contributed by atoms with Crippen molar-refractivity contribution in [3.8, 4) is 23.3 Å². The van der Waals surface area contributed by atoms with Crippen LogP contribution >= 0.6 is 0 Å². The van der Waals surface area contributed by atoms with Crippen molar-refractivity contribution in [3.05, 3.63) is 66.1 Å². The van der Waals surface area contributed by atoms with Gasteiger partial charge in [0.1, 0.15) is 5.75 Å². The highest BCUT2D eigenvalue weighted by Gasteiger charge is 2.74. The molecule has 7 heteroatoms. The second kappa shape index (κ2) is 6.82. The minimum atomic E-state index is -1.26. The Labute approximate surface area is 161 Å². The number of hydrogen-bond acceptors (Lipinski definition) is 7. The van der Waals surface area contributed by atoms with E-state index in [2.05, 4.69) is 16.3 Å². The van der Waals surface area contributed by atoms with Crippen molar-refractivity contribution in [2.24, 2.45) is 5.92 Å². The number of methoxy groups -OCH3 is 2. The first-order valence-electron chi connectivity index (χ1n) is 8.68. The predicted octanol–water partition coefficient (Wildman–Crippen LogP) is 3.09. The molecule has 1 aliphatic carbocycles. The highest BCUT2D eigenvalue weighted by Crippen LogP contribution is 2.65. The summed E-state index contributed by atoms with van der Waals surface area (Å²) < 4.78 is 16.0. The number of carbonyl (C=O) groups excluding carboxylic acids is 1. The lowest BCUT2D eigenvalue weighted by Crippen LogP contribution is -2.15. The fraction of sp³-hybridized carbons (Fsp3) is 0.238. The summed E-state index contributed by atoms with van der Waals surface area (Å²) in [5.74, 6) is -0.549. The van der Waals surface area contributed by atoms with E-state index in [-0.39, 0.29) is 5.89 Å². The van der Waals surface area contributed by atoms with E-state index in [9.17, 15) is 10.1 Å². The van der Waals surface area contributed by atoms with E-state index in [0.29, 0.717) is 11.6 Å². The smallest absolute Gasteiger partial charge is 0.311 e. The summed E-state index contributed by atoms with van der Waals surface area (Å²) in [6.07, 6.45) is 0. The average Bonchev–Trinajstić information content (AvgIpc) is 3.19. The summed E-state index contributed by atoms with van der Waals surface area (Å²) in [5.41, 5.74) is 0.282. The summed E-state index contributed by atoms with van der Waals surface area (Å²) in [7, 11) is 2.88. The van der Waals surface area contributed by atoms with Gasteiger partial charge in [-0.05, 0) is 29.8 Å². The van der Waals surface area contributed by atoms with Gasteiger partial charge in [0.05, 0.1) is 26.2 Å². The van der Waals surface area contributed by atoms with E-state index in [4.69, 9.17) is 13.9 Å². The van der Waals surface area contributed by atoms with E-state index in [1.54, 1.807) is 19.2 Å². The van der Waals surface area contributed by atoms with Crippen LogP contribution in [0, 0.1) is 17.2 Å². The van der Waals surface area contributed by atoms with Crippen LogP contribution in [-0.2, 0) is 14.9 Å². The Balaban J connectivity index is 1.76. The number of aromatic nitrogens is 2. The molecule has 0 aliphatic heterocycles. The molecular formula is C21H17N3O4. The molecule has 1 heterocycles. The van der Waals surface area contributed by atoms with Crippen LogP contribution in [0.1, 0.15) is 17.4 Å². The van der Waals surface area contributed by atoms with E-state index in [0.717, 1.165) is 11.1 Å². The fourth-order valence-corrected chi connectivity index (χ4v) is 3.64. The highest BCUT2D eigenvalue weighted by molar-refractivity contribution is 5.83. The Morgan fingerprint density at radius 2 is 1.82 bits per heavy atom. The third kappa shape index (κ3) is 2.62. The van der Waals surface area contributed by atoms with Gasteiger partial charge in [-0.25, -0.2) is 0 Å². The molecule has 0 unspecified atom stereocenters. The number of benzene rings is 2. The van der Waals surface area contributed by atoms with Crippen LogP contribution in [0.2, 0.25) is 0 Å². The van der Waals surface area contributed by atoms with E-state index in [1.165, 1.54) is 7.11 Å². The van der Waals surface area contributed by atoms with Crippen LogP contribution in [0.15, 0.2) is 59.0 Å². The Kier molecular flexibility index (Phi) is 4.32. The summed E-state index contributed by atoms with van der Waals surface area (Å²) in [5, 5.41) is 18.2. The molecule has 1 saturated carbocycles. The van der Waals surface area contributed by atoms with Crippen molar-refractivity contribution < 1.29 is 18.7 Å². The maximum atomic E-state index is 12.4. The van der Waals surface area contributed by atoms with Crippen LogP contribution in [-0.4, -0.2) is 30.4 Å². The first kappa shape index (κ1) is 17.7. The Bertz CT molecular complexity index is 1040. The van der Waals surface area contributed by atoms with Crippen LogP contribution in [0.3, 0.4) is 0 Å². The van der Waals surface area contributed by atoms with Crippen molar-refractivity contribution in [2.75, 3.05) is 14.2 Å². The van der Waals surface area contributed by atoms with Gasteiger partial charge in [-0.3, -0.25) is 4.79 Å². The first-order valence-corrected chi connectivity index (χ1v) is 8.68. The van der Waals surface area contributed by atoms with Crippen molar-refractivity contribution >= 4 is 5.97 Å². The molecule has 1 fully saturated rings. The van der Waals surface area contributed by atoms with Gasteiger partial charge in [0.25, 0.3) is 0 Å². The van der Waals surface area contributed by atoms with E-state index in [1.807, 2.05) is 42.5 Å². The molecule has 7 nitrogen and oxygen atoms in total. The maximum absolute atomic E-state index is 12.4. The molecule has 1 aromatic heterocycles. The van der Waals surface area contributed by atoms with E-state index >= 15 is 0 Å². The molecule has 0 bridgehead atoms. The lowest BCUT2D eigenvalue weighted by Gasteiger charge is -2.05. The summed E-state index contributed by atoms with van der Waals surface area (Å²) in [6.45, 7) is 0. The molecule has 140 valence electrons. The molecule has 0 spiro atoms. The molecule has 2 aromatic carbocycles. The van der Waals surface area contributed by atoms with Crippen LogP contribution in [0.25, 0.3) is 11.5 Å². The van der Waals surface area contributed by atoms with Gasteiger partial charge in [-0.15, -0.1) is 10.2 Å². The third-order valence-corrected chi connectivity index (χ3v) is 5.12. The molecule has 0 N–H and O–H groups in total. The second-order valence-electron chi connectivity index (χ2n) is 6.51. The van der Waals surface area contributed by atoms with Gasteiger partial charge in [-0.1, -0.05) is 30.3 Å². The third-order valence-electron chi connectivity index (χ3n) is 5.12. The molecule has 3 atom stereocenters. The predicted molar refractivity (Wildman–Crippen MR) is 98.3 cm³/mol. The number of nitrogens with zero attached hydrogens (tertiary/aromatic N) is 3. The molecule has 4 rings (SSSR count). The molecule has 0 amide bonds. The van der Waals surface area contributed by atoms with Gasteiger partial charge < -0.3 is 13.9 Å². The van der Waals surface area contributed by atoms with Gasteiger partial charge in [0, 0.05) is 11.5 Å². The Hall–Kier alpha value is -3.66. The topological polar surface area (TPSA) is 98.2 Å². The van der Waals surface area contributed by atoms with Crippen LogP contribution in [0.4, 0.5) is 0 Å². The number of carbonyl (C=O) groups is 1. The molecular weight excluding hydrogens is 358 g/mol. The minimum Gasteiger partial charge on any atom is -0.497 e. The van der Waals surface area contributed by atoms with Crippen molar-refractivity contribution in [2.45, 2.75) is 11.3 Å². The normalized spacial score (nSPS) is 22.9. The number of hydrogen-bond donors (Lipinski definition) is 0. The summed E-state index contributed by atoms with van der Waals surface area (Å²) >= 11 is 0. The quantitative estimate of drug-likeness (QED) is 0.632. The number of rotatable bonds is 5. The SMILES string of the molecule is COC(=O)[C@@H]1[C@@H](c2ccc(OC)cc2)[C@@]1(C#N)c1nnc(-c2ccccc2)o1. The number of ether oxygens (including phenoxy) is 2. The molecule has 1 aliphatic rings. The van der Waals surface area contributed by atoms with Gasteiger partial charge >= 0.3 is 5.97 Å². The Morgan fingerprint density at radius 1 is 1.11 bits per heavy atom. The fourth-order valence-electron chi connectivity index (χ4n) is 3.64. The summed E-state index contributed by atoms with van der Waals surface area (Å²) in [6, 6.07) is 18.7. The maximum Gasteiger partial charge on any atom is 0.311 e. The van der Waals surface area contributed by atoms with Crippen molar-refractivity contribution in [3.63, 3.8) is 0 Å². The highest BCUT2D eigenvalue weighted by atomic mass is 16.5. The number of esters is 1. The van der Waals surface area contributed by atoms with Crippen LogP contribution < -0.4 is 4.74 Å². The zero-order valence-electron chi connectivity index (χ0n) is 15.3. The summed E-state index contributed by atoms with van der Waals surface area (Å²) in [4.78, 5) is 12.4. The number of nitriles is 1. The molecule has 28 heavy (non-hydrogen) atoms. The first-order chi connectivity index (χ1) is 13.7. The lowest BCUT2D eigenvalue weighted by molar-refractivity contribution is -0.142. The van der Waals surface area contributed by atoms with Gasteiger partial charge in [-0.2, -0.15) is 5.26 Å². The van der Waals surface area contributed by atoms with Gasteiger partial charge in [0.15, 0.2) is 5.41 Å². The van der Waals surface area contributed by atoms with E-state index < -0.39 is 23.2 Å². The van der Waals surface area contributed by atoms with Crippen molar-refractivity contribution in [1.29, 1.82) is 5.26 Å². The lowest BCUT2D eigenvalue weighted by atomic mass is 10.00. The van der Waals surface area contributed by atoms with Crippen LogP contribution in [0.5, 0.6) is 5.75 Å². The largest absolute Gasteiger partial charge is 0.497 e. The zero-order chi connectivity index (χ0) is 19.7. The minimum absolute atomic E-state index is 0.116. The second-order valence-corrected chi connectivity index (χ2v) is 6.51. The molecule has 0 radical (unpaired) electrons. The monoisotopic (exact) mass is 375 g/mol. The molecule has 0 saturated heterocycles. The average molecular weight is 375 g/mol. The Morgan fingerprint density at radius 3 is 2.43 bits per heavy atom. The zero-order valence-corrected chi connectivity index (χ0v) is 15.3. The van der Waals surface area contributed by atoms with Gasteiger partial charge in [0.2, 0.25) is 11.8 Å². The standard InChI is InChI=1S/C21H17N3O4/c1-26-15-10-8-13(9-11-15)16-17(19(25)27-2)21(16,12-22)20-24-23-18(28-20)14-6-4-3-5-7-14/h3-11,16-17H,1-2H3/t16-,17+,21-/m1/s1. The molecule has 3 aromatic rings.